The molecule has 200 valence electrons. The number of pyridine rings is 1. The number of fused-ring (bicyclic) bond motifs is 1. The summed E-state index contributed by atoms with van der Waals surface area (Å²) in [6.45, 7) is 4.43. The molecule has 0 saturated carbocycles. The molecular formula is C30H32N6O3. The van der Waals surface area contributed by atoms with Crippen molar-refractivity contribution in [2.45, 2.75) is 58.0 Å². The molecule has 2 atom stereocenters. The number of benzene rings is 2. The van der Waals surface area contributed by atoms with E-state index in [0.29, 0.717) is 31.0 Å². The van der Waals surface area contributed by atoms with Crippen LogP contribution in [0.4, 0.5) is 0 Å². The molecule has 1 aliphatic rings. The standard InChI is InChI=1S/C30H32N6O3/c1-2-21-12-13-27-23(16-21)17-26(30(37)31-27)28(29-32-33-34-36(29)20-25-11-7-15-39-25)35(19-24-10-6-14-38-24)18-22-8-4-3-5-9-22/h3-6,8-10,12-14,16-17,25,28H,2,7,11,15,18-20H2,1H3,(H,31,37)/t25-,28+/m0/s1. The maximum absolute atomic E-state index is 13.7. The molecule has 5 aromatic rings. The molecule has 2 aromatic carbocycles. The van der Waals surface area contributed by atoms with E-state index in [-0.39, 0.29) is 11.7 Å². The molecule has 0 unspecified atom stereocenters. The number of aromatic nitrogens is 5. The fourth-order valence-electron chi connectivity index (χ4n) is 5.37. The maximum atomic E-state index is 13.7. The Morgan fingerprint density at radius 2 is 1.97 bits per heavy atom. The van der Waals surface area contributed by atoms with E-state index >= 15 is 0 Å². The molecule has 9 heteroatoms. The number of ether oxygens (including phenoxy) is 1. The van der Waals surface area contributed by atoms with Gasteiger partial charge in [0.05, 0.1) is 25.5 Å². The fourth-order valence-corrected chi connectivity index (χ4v) is 5.37. The Hall–Kier alpha value is -4.08. The summed E-state index contributed by atoms with van der Waals surface area (Å²) >= 11 is 0. The molecule has 0 aliphatic carbocycles. The van der Waals surface area contributed by atoms with Crippen LogP contribution in [0.3, 0.4) is 0 Å². The first-order chi connectivity index (χ1) is 19.2. The third-order valence-corrected chi connectivity index (χ3v) is 7.38. The van der Waals surface area contributed by atoms with Crippen LogP contribution >= 0.6 is 0 Å². The van der Waals surface area contributed by atoms with Gasteiger partial charge in [0.2, 0.25) is 0 Å². The lowest BCUT2D eigenvalue weighted by atomic mass is 10.0. The first-order valence-corrected chi connectivity index (χ1v) is 13.5. The van der Waals surface area contributed by atoms with Crippen LogP contribution in [0.2, 0.25) is 0 Å². The molecule has 9 nitrogen and oxygen atoms in total. The van der Waals surface area contributed by atoms with Crippen molar-refractivity contribution in [2.75, 3.05) is 6.61 Å². The second kappa shape index (κ2) is 11.3. The highest BCUT2D eigenvalue weighted by atomic mass is 16.5. The summed E-state index contributed by atoms with van der Waals surface area (Å²) in [4.78, 5) is 19.0. The second-order valence-electron chi connectivity index (χ2n) is 10.1. The third-order valence-electron chi connectivity index (χ3n) is 7.38. The molecule has 3 aromatic heterocycles. The minimum Gasteiger partial charge on any atom is -0.468 e. The van der Waals surface area contributed by atoms with E-state index in [0.717, 1.165) is 48.1 Å². The minimum absolute atomic E-state index is 0.0440. The Balaban J connectivity index is 1.50. The molecule has 0 amide bonds. The Morgan fingerprint density at radius 1 is 1.08 bits per heavy atom. The largest absolute Gasteiger partial charge is 0.468 e. The van der Waals surface area contributed by atoms with Crippen LogP contribution in [-0.4, -0.2) is 42.8 Å². The van der Waals surface area contributed by atoms with Crippen LogP contribution in [0.15, 0.2) is 82.2 Å². The Morgan fingerprint density at radius 3 is 2.74 bits per heavy atom. The van der Waals surface area contributed by atoms with Crippen LogP contribution < -0.4 is 5.56 Å². The Labute approximate surface area is 226 Å². The monoisotopic (exact) mass is 524 g/mol. The summed E-state index contributed by atoms with van der Waals surface area (Å²) in [5, 5.41) is 13.9. The van der Waals surface area contributed by atoms with Gasteiger partial charge in [-0.1, -0.05) is 43.3 Å². The average Bonchev–Trinajstić information content (AvgIpc) is 3.75. The van der Waals surface area contributed by atoms with E-state index in [4.69, 9.17) is 9.15 Å². The number of tetrazole rings is 1. The molecule has 0 spiro atoms. The number of nitrogens with one attached hydrogen (secondary N) is 1. The predicted molar refractivity (Wildman–Crippen MR) is 147 cm³/mol. The molecule has 1 fully saturated rings. The number of nitrogens with zero attached hydrogens (tertiary/aromatic N) is 5. The fraction of sp³-hybridized carbons (Fsp3) is 0.333. The lowest BCUT2D eigenvalue weighted by Gasteiger charge is -2.30. The number of H-pyrrole nitrogens is 1. The topological polar surface area (TPSA) is 102 Å². The molecular weight excluding hydrogens is 492 g/mol. The van der Waals surface area contributed by atoms with E-state index in [1.165, 1.54) is 5.56 Å². The number of hydrogen-bond acceptors (Lipinski definition) is 7. The predicted octanol–water partition coefficient (Wildman–Crippen LogP) is 4.64. The maximum Gasteiger partial charge on any atom is 0.253 e. The molecule has 4 heterocycles. The van der Waals surface area contributed by atoms with Gasteiger partial charge in [-0.05, 0) is 76.5 Å². The zero-order chi connectivity index (χ0) is 26.6. The summed E-state index contributed by atoms with van der Waals surface area (Å²) in [6, 6.07) is 21.6. The SMILES string of the molecule is CCc1ccc2[nH]c(=O)c([C@H](c3nnnn3C[C@@H]3CCCO3)N(Cc3ccccc3)Cc3ccco3)cc2c1. The van der Waals surface area contributed by atoms with Gasteiger partial charge < -0.3 is 14.1 Å². The number of hydrogen-bond donors (Lipinski definition) is 1. The highest BCUT2D eigenvalue weighted by molar-refractivity contribution is 5.80. The molecule has 0 bridgehead atoms. The van der Waals surface area contributed by atoms with Gasteiger partial charge in [0, 0.05) is 24.2 Å². The third kappa shape index (κ3) is 5.55. The van der Waals surface area contributed by atoms with E-state index in [1.54, 1.807) is 10.9 Å². The van der Waals surface area contributed by atoms with E-state index < -0.39 is 6.04 Å². The van der Waals surface area contributed by atoms with Crippen LogP contribution in [0.1, 0.15) is 54.1 Å². The van der Waals surface area contributed by atoms with Gasteiger partial charge >= 0.3 is 0 Å². The van der Waals surface area contributed by atoms with E-state index in [1.807, 2.05) is 42.5 Å². The van der Waals surface area contributed by atoms with Crippen molar-refractivity contribution in [1.29, 1.82) is 0 Å². The molecule has 39 heavy (non-hydrogen) atoms. The quantitative estimate of drug-likeness (QED) is 0.284. The van der Waals surface area contributed by atoms with Crippen LogP contribution in [-0.2, 0) is 30.8 Å². The van der Waals surface area contributed by atoms with Crippen molar-refractivity contribution in [1.82, 2.24) is 30.1 Å². The van der Waals surface area contributed by atoms with Gasteiger partial charge in [-0.15, -0.1) is 5.10 Å². The molecule has 1 aliphatic heterocycles. The summed E-state index contributed by atoms with van der Waals surface area (Å²) in [6.07, 6.45) is 4.60. The van der Waals surface area contributed by atoms with Crippen molar-refractivity contribution in [3.05, 3.63) is 112 Å². The van der Waals surface area contributed by atoms with Gasteiger partial charge in [-0.2, -0.15) is 0 Å². The summed E-state index contributed by atoms with van der Waals surface area (Å²) in [5.74, 6) is 1.39. The van der Waals surface area contributed by atoms with Crippen LogP contribution in [0.5, 0.6) is 0 Å². The van der Waals surface area contributed by atoms with Gasteiger partial charge in [0.15, 0.2) is 5.82 Å². The number of aryl methyl sites for hydroxylation is 1. The molecule has 1 N–H and O–H groups in total. The van der Waals surface area contributed by atoms with E-state index in [2.05, 4.69) is 56.6 Å². The highest BCUT2D eigenvalue weighted by Gasteiger charge is 2.32. The van der Waals surface area contributed by atoms with Gasteiger partial charge in [0.25, 0.3) is 5.56 Å². The van der Waals surface area contributed by atoms with Gasteiger partial charge in [-0.25, -0.2) is 4.68 Å². The number of rotatable bonds is 10. The summed E-state index contributed by atoms with van der Waals surface area (Å²) in [7, 11) is 0. The zero-order valence-electron chi connectivity index (χ0n) is 22.0. The van der Waals surface area contributed by atoms with E-state index in [9.17, 15) is 4.79 Å². The Kier molecular flexibility index (Phi) is 7.33. The summed E-state index contributed by atoms with van der Waals surface area (Å²) in [5.41, 5.74) is 3.54. The number of furan rings is 1. The molecule has 6 rings (SSSR count). The minimum atomic E-state index is -0.537. The van der Waals surface area contributed by atoms with Crippen molar-refractivity contribution in [2.24, 2.45) is 0 Å². The van der Waals surface area contributed by atoms with Crippen molar-refractivity contribution < 1.29 is 9.15 Å². The zero-order valence-corrected chi connectivity index (χ0v) is 22.0. The first-order valence-electron chi connectivity index (χ1n) is 13.5. The normalized spacial score (nSPS) is 16.3. The number of aromatic amines is 1. The van der Waals surface area contributed by atoms with Crippen molar-refractivity contribution >= 4 is 10.9 Å². The lowest BCUT2D eigenvalue weighted by molar-refractivity contribution is 0.0901. The highest BCUT2D eigenvalue weighted by Crippen LogP contribution is 2.31. The van der Waals surface area contributed by atoms with Gasteiger partial charge in [-0.3, -0.25) is 9.69 Å². The average molecular weight is 525 g/mol. The van der Waals surface area contributed by atoms with Crippen LogP contribution in [0.25, 0.3) is 10.9 Å². The van der Waals surface area contributed by atoms with Crippen molar-refractivity contribution in [3.63, 3.8) is 0 Å². The smallest absolute Gasteiger partial charge is 0.253 e. The molecule has 1 saturated heterocycles. The lowest BCUT2D eigenvalue weighted by Crippen LogP contribution is -2.35. The summed E-state index contributed by atoms with van der Waals surface area (Å²) < 4.78 is 13.5. The molecule has 0 radical (unpaired) electrons. The van der Waals surface area contributed by atoms with Crippen molar-refractivity contribution in [3.8, 4) is 0 Å². The van der Waals surface area contributed by atoms with Crippen LogP contribution in [0, 0.1) is 0 Å². The first kappa shape index (κ1) is 25.2. The second-order valence-corrected chi connectivity index (χ2v) is 10.1. The van der Waals surface area contributed by atoms with Gasteiger partial charge in [0.1, 0.15) is 11.8 Å². The Bertz CT molecular complexity index is 1570.